The van der Waals surface area contributed by atoms with Crippen molar-refractivity contribution < 1.29 is 19.1 Å². The molecule has 0 bridgehead atoms. The van der Waals surface area contributed by atoms with Gasteiger partial charge in [0.25, 0.3) is 5.91 Å². The molecule has 1 aliphatic rings. The lowest BCUT2D eigenvalue weighted by Crippen LogP contribution is -2.18. The summed E-state index contributed by atoms with van der Waals surface area (Å²) in [6.45, 7) is 4.24. The van der Waals surface area contributed by atoms with Crippen molar-refractivity contribution >= 4 is 34.5 Å². The summed E-state index contributed by atoms with van der Waals surface area (Å²) in [5, 5.41) is 9.69. The van der Waals surface area contributed by atoms with Gasteiger partial charge in [0.2, 0.25) is 0 Å². The molecule has 0 atom stereocenters. The lowest BCUT2D eigenvalue weighted by atomic mass is 9.99. The molecule has 0 unspecified atom stereocenters. The molecule has 7 nitrogen and oxygen atoms in total. The Labute approximate surface area is 205 Å². The molecule has 4 rings (SSSR count). The third kappa shape index (κ3) is 5.77. The van der Waals surface area contributed by atoms with Gasteiger partial charge >= 0.3 is 5.97 Å². The Morgan fingerprint density at radius 1 is 0.971 bits per heavy atom. The van der Waals surface area contributed by atoms with Crippen LogP contribution < -0.4 is 16.0 Å². The summed E-state index contributed by atoms with van der Waals surface area (Å²) < 4.78 is 10.2. The van der Waals surface area contributed by atoms with Gasteiger partial charge in [-0.25, -0.2) is 4.79 Å². The summed E-state index contributed by atoms with van der Waals surface area (Å²) in [5.41, 5.74) is 5.82. The molecule has 3 aromatic rings. The zero-order valence-corrected chi connectivity index (χ0v) is 19.9. The number of esters is 1. The zero-order chi connectivity index (χ0) is 24.6. The number of carbonyl (C=O) groups is 2. The molecule has 0 spiro atoms. The molecule has 3 aromatic carbocycles. The van der Waals surface area contributed by atoms with Crippen LogP contribution in [-0.4, -0.2) is 38.7 Å². The van der Waals surface area contributed by atoms with Gasteiger partial charge in [-0.1, -0.05) is 48.5 Å². The van der Waals surface area contributed by atoms with E-state index in [0.717, 1.165) is 35.5 Å². The Balaban J connectivity index is 1.66. The highest BCUT2D eigenvalue weighted by Crippen LogP contribution is 2.38. The average molecular weight is 472 g/mol. The monoisotopic (exact) mass is 471 g/mol. The summed E-state index contributed by atoms with van der Waals surface area (Å²) in [6.07, 6.45) is 0. The number of benzene rings is 3. The van der Waals surface area contributed by atoms with Gasteiger partial charge in [-0.2, -0.15) is 0 Å². The third-order valence-electron chi connectivity index (χ3n) is 5.62. The molecule has 3 N–H and O–H groups in total. The molecule has 0 fully saturated rings. The molecule has 1 amide bonds. The van der Waals surface area contributed by atoms with Crippen LogP contribution in [0.1, 0.15) is 34.0 Å². The number of carbonyl (C=O) groups excluding carboxylic acids is 2. The van der Waals surface area contributed by atoms with Gasteiger partial charge in [0.1, 0.15) is 0 Å². The lowest BCUT2D eigenvalue weighted by Gasteiger charge is -2.15. The first kappa shape index (κ1) is 24.2. The minimum atomic E-state index is -0.416. The number of nitrogens with one attached hydrogen (secondary N) is 3. The van der Waals surface area contributed by atoms with Crippen LogP contribution in [0.25, 0.3) is 11.3 Å². The van der Waals surface area contributed by atoms with Crippen LogP contribution >= 0.6 is 0 Å². The maximum atomic E-state index is 13.1. The average Bonchev–Trinajstić information content (AvgIpc) is 3.21. The minimum absolute atomic E-state index is 0.230. The fraction of sp³-hybridized carbons (Fsp3) is 0.214. The topological polar surface area (TPSA) is 88.7 Å². The van der Waals surface area contributed by atoms with Crippen molar-refractivity contribution in [3.8, 4) is 0 Å². The molecule has 35 heavy (non-hydrogen) atoms. The van der Waals surface area contributed by atoms with Crippen LogP contribution in [0.4, 0.5) is 11.4 Å². The van der Waals surface area contributed by atoms with Crippen molar-refractivity contribution in [3.05, 3.63) is 95.1 Å². The van der Waals surface area contributed by atoms with Crippen molar-refractivity contribution in [2.75, 3.05) is 37.5 Å². The standard InChI is InChI=1S/C28H29N3O4/c1-3-35-28(33)21-11-14-23-24(17-21)31-27(32)25(23)26(20-7-5-4-6-8-20)30-22-12-9-19(10-13-22)18-29-15-16-34-2/h4-14,17,29-30H,3,15-16,18H2,1-2H3,(H,31,32)/b26-25-. The molecule has 1 heterocycles. The SMILES string of the molecule is CCOC(=O)c1ccc2c(c1)NC(=O)/C2=C(\Nc1ccc(CNCCOC)cc1)c1ccccc1. The van der Waals surface area contributed by atoms with Crippen LogP contribution in [0.2, 0.25) is 0 Å². The van der Waals surface area contributed by atoms with Gasteiger partial charge in [0.05, 0.1) is 35.7 Å². The number of methoxy groups -OCH3 is 1. The lowest BCUT2D eigenvalue weighted by molar-refractivity contribution is -0.110. The highest BCUT2D eigenvalue weighted by molar-refractivity contribution is 6.37. The fourth-order valence-electron chi connectivity index (χ4n) is 3.90. The number of hydrogen-bond acceptors (Lipinski definition) is 6. The summed E-state index contributed by atoms with van der Waals surface area (Å²) in [6, 6.07) is 22.9. The predicted octanol–water partition coefficient (Wildman–Crippen LogP) is 4.53. The Bertz CT molecular complexity index is 1220. The normalized spacial score (nSPS) is 13.7. The molecule has 7 heteroatoms. The quantitative estimate of drug-likeness (QED) is 0.229. The number of hydrogen-bond donors (Lipinski definition) is 3. The van der Waals surface area contributed by atoms with E-state index in [1.54, 1.807) is 32.2 Å². The Morgan fingerprint density at radius 3 is 2.46 bits per heavy atom. The van der Waals surface area contributed by atoms with Gasteiger partial charge in [0.15, 0.2) is 0 Å². The summed E-state index contributed by atoms with van der Waals surface area (Å²) >= 11 is 0. The van der Waals surface area contributed by atoms with E-state index >= 15 is 0 Å². The van der Waals surface area contributed by atoms with Gasteiger partial charge < -0.3 is 25.4 Å². The number of ether oxygens (including phenoxy) is 2. The molecule has 0 radical (unpaired) electrons. The van der Waals surface area contributed by atoms with Crippen molar-refractivity contribution in [1.29, 1.82) is 0 Å². The van der Waals surface area contributed by atoms with Gasteiger partial charge in [-0.05, 0) is 42.3 Å². The van der Waals surface area contributed by atoms with Crippen LogP contribution in [0.3, 0.4) is 0 Å². The Hall–Kier alpha value is -3.94. The molecule has 180 valence electrons. The molecule has 0 saturated carbocycles. The number of anilines is 2. The Kier molecular flexibility index (Phi) is 7.92. The van der Waals surface area contributed by atoms with Crippen LogP contribution in [0, 0.1) is 0 Å². The van der Waals surface area contributed by atoms with E-state index in [-0.39, 0.29) is 12.5 Å². The summed E-state index contributed by atoms with van der Waals surface area (Å²) in [4.78, 5) is 25.3. The number of amides is 1. The second-order valence-electron chi connectivity index (χ2n) is 8.04. The van der Waals surface area contributed by atoms with Crippen LogP contribution in [0.15, 0.2) is 72.8 Å². The molecular formula is C28H29N3O4. The van der Waals surface area contributed by atoms with Gasteiger partial charge in [-0.3, -0.25) is 4.79 Å². The van der Waals surface area contributed by atoms with Gasteiger partial charge in [-0.15, -0.1) is 0 Å². The summed E-state index contributed by atoms with van der Waals surface area (Å²) in [5.74, 6) is -0.647. The van der Waals surface area contributed by atoms with Crippen LogP contribution in [-0.2, 0) is 20.8 Å². The third-order valence-corrected chi connectivity index (χ3v) is 5.62. The molecule has 0 aliphatic carbocycles. The predicted molar refractivity (Wildman–Crippen MR) is 138 cm³/mol. The van der Waals surface area contributed by atoms with E-state index in [4.69, 9.17) is 9.47 Å². The zero-order valence-electron chi connectivity index (χ0n) is 19.9. The van der Waals surface area contributed by atoms with E-state index < -0.39 is 5.97 Å². The van der Waals surface area contributed by atoms with Crippen molar-refractivity contribution in [3.63, 3.8) is 0 Å². The first-order valence-electron chi connectivity index (χ1n) is 11.6. The number of fused-ring (bicyclic) bond motifs is 1. The maximum Gasteiger partial charge on any atom is 0.338 e. The molecular weight excluding hydrogens is 442 g/mol. The Morgan fingerprint density at radius 2 is 1.74 bits per heavy atom. The first-order chi connectivity index (χ1) is 17.1. The van der Waals surface area contributed by atoms with Crippen molar-refractivity contribution in [2.45, 2.75) is 13.5 Å². The smallest absolute Gasteiger partial charge is 0.338 e. The fourth-order valence-corrected chi connectivity index (χ4v) is 3.90. The van der Waals surface area contributed by atoms with E-state index in [0.29, 0.717) is 29.1 Å². The van der Waals surface area contributed by atoms with E-state index in [9.17, 15) is 9.59 Å². The van der Waals surface area contributed by atoms with Gasteiger partial charge in [0, 0.05) is 31.5 Å². The molecule has 0 saturated heterocycles. The van der Waals surface area contributed by atoms with Crippen molar-refractivity contribution in [2.24, 2.45) is 0 Å². The van der Waals surface area contributed by atoms with E-state index in [1.165, 1.54) is 0 Å². The second kappa shape index (κ2) is 11.5. The van der Waals surface area contributed by atoms with Crippen molar-refractivity contribution in [1.82, 2.24) is 5.32 Å². The van der Waals surface area contributed by atoms with E-state index in [2.05, 4.69) is 16.0 Å². The first-order valence-corrected chi connectivity index (χ1v) is 11.6. The van der Waals surface area contributed by atoms with Crippen LogP contribution in [0.5, 0.6) is 0 Å². The second-order valence-corrected chi connectivity index (χ2v) is 8.04. The highest BCUT2D eigenvalue weighted by atomic mass is 16.5. The largest absolute Gasteiger partial charge is 0.462 e. The highest BCUT2D eigenvalue weighted by Gasteiger charge is 2.29. The number of rotatable bonds is 10. The molecule has 1 aliphatic heterocycles. The minimum Gasteiger partial charge on any atom is -0.462 e. The summed E-state index contributed by atoms with van der Waals surface area (Å²) in [7, 11) is 1.68. The maximum absolute atomic E-state index is 13.1. The van der Waals surface area contributed by atoms with E-state index in [1.807, 2.05) is 54.6 Å². The molecule has 0 aromatic heterocycles.